The van der Waals surface area contributed by atoms with Crippen molar-refractivity contribution in [1.29, 1.82) is 0 Å². The minimum Gasteiger partial charge on any atom is -0.493 e. The Bertz CT molecular complexity index is 728. The molecule has 0 aliphatic carbocycles. The molecule has 0 radical (unpaired) electrons. The van der Waals surface area contributed by atoms with E-state index < -0.39 is 0 Å². The van der Waals surface area contributed by atoms with Crippen LogP contribution in [0.25, 0.3) is 0 Å². The molecule has 0 amide bonds. The number of methoxy groups -OCH3 is 1. The summed E-state index contributed by atoms with van der Waals surface area (Å²) in [7, 11) is 1.66. The third kappa shape index (κ3) is 2.82. The summed E-state index contributed by atoms with van der Waals surface area (Å²) in [5.41, 5.74) is 2.18. The number of piperidine rings is 1. The van der Waals surface area contributed by atoms with Gasteiger partial charge in [-0.15, -0.1) is 0 Å². The molecule has 4 rings (SSSR count). The van der Waals surface area contributed by atoms with Gasteiger partial charge in [-0.05, 0) is 44.0 Å². The van der Waals surface area contributed by atoms with Gasteiger partial charge in [0.2, 0.25) is 12.5 Å². The summed E-state index contributed by atoms with van der Waals surface area (Å²) >= 11 is 0. The first-order valence-corrected chi connectivity index (χ1v) is 8.38. The van der Waals surface area contributed by atoms with Crippen molar-refractivity contribution in [2.24, 2.45) is 0 Å². The van der Waals surface area contributed by atoms with Crippen LogP contribution in [0.1, 0.15) is 42.3 Å². The molecule has 128 valence electrons. The number of hydrogen-bond acceptors (Lipinski definition) is 6. The van der Waals surface area contributed by atoms with Gasteiger partial charge in [0.15, 0.2) is 11.5 Å². The average Bonchev–Trinajstić information content (AvgIpc) is 3.23. The zero-order chi connectivity index (χ0) is 16.5. The Morgan fingerprint density at radius 1 is 1.25 bits per heavy atom. The minimum absolute atomic E-state index is 0.250. The lowest BCUT2D eigenvalue weighted by Crippen LogP contribution is -2.33. The van der Waals surface area contributed by atoms with E-state index in [0.717, 1.165) is 48.0 Å². The van der Waals surface area contributed by atoms with Crippen LogP contribution in [0.3, 0.4) is 0 Å². The van der Waals surface area contributed by atoms with Gasteiger partial charge in [-0.1, -0.05) is 11.6 Å². The smallest absolute Gasteiger partial charge is 0.231 e. The van der Waals surface area contributed by atoms with E-state index in [1.807, 2.05) is 25.1 Å². The molecule has 1 saturated heterocycles. The largest absolute Gasteiger partial charge is 0.493 e. The van der Waals surface area contributed by atoms with E-state index in [1.54, 1.807) is 7.11 Å². The van der Waals surface area contributed by atoms with Crippen LogP contribution in [-0.4, -0.2) is 30.5 Å². The maximum Gasteiger partial charge on any atom is 0.231 e. The van der Waals surface area contributed by atoms with Crippen LogP contribution in [0.5, 0.6) is 17.2 Å². The Morgan fingerprint density at radius 3 is 2.96 bits per heavy atom. The summed E-state index contributed by atoms with van der Waals surface area (Å²) in [5.74, 6) is 3.05. The summed E-state index contributed by atoms with van der Waals surface area (Å²) in [6.45, 7) is 4.06. The second-order valence-corrected chi connectivity index (χ2v) is 6.38. The zero-order valence-corrected chi connectivity index (χ0v) is 14.1. The molecule has 2 aliphatic rings. The van der Waals surface area contributed by atoms with Gasteiger partial charge in [-0.3, -0.25) is 4.90 Å². The molecule has 3 heterocycles. The number of rotatable bonds is 4. The number of nitrogens with zero attached hydrogens (tertiary/aromatic N) is 2. The van der Waals surface area contributed by atoms with Gasteiger partial charge in [0.05, 0.1) is 13.2 Å². The third-order valence-electron chi connectivity index (χ3n) is 4.71. The molecule has 1 unspecified atom stereocenters. The molecule has 1 atom stereocenters. The SMILES string of the molecule is COc1cc(CN2CCCCC2c2cc(C)on2)cc2c1OCO2. The number of aromatic nitrogens is 1. The van der Waals surface area contributed by atoms with Crippen molar-refractivity contribution in [3.05, 3.63) is 35.2 Å². The van der Waals surface area contributed by atoms with E-state index in [2.05, 4.69) is 10.1 Å². The fourth-order valence-electron chi connectivity index (χ4n) is 3.57. The van der Waals surface area contributed by atoms with Gasteiger partial charge in [0.25, 0.3) is 0 Å². The highest BCUT2D eigenvalue weighted by Gasteiger charge is 2.28. The topological polar surface area (TPSA) is 57.0 Å². The van der Waals surface area contributed by atoms with Crippen molar-refractivity contribution < 1.29 is 18.7 Å². The molecule has 0 saturated carbocycles. The van der Waals surface area contributed by atoms with Crippen LogP contribution in [0, 0.1) is 6.92 Å². The van der Waals surface area contributed by atoms with Crippen LogP contribution in [-0.2, 0) is 6.54 Å². The lowest BCUT2D eigenvalue weighted by atomic mass is 9.98. The summed E-state index contributed by atoms with van der Waals surface area (Å²) in [6, 6.07) is 6.42. The van der Waals surface area contributed by atoms with Gasteiger partial charge < -0.3 is 18.7 Å². The molecule has 1 aromatic carbocycles. The van der Waals surface area contributed by atoms with E-state index in [1.165, 1.54) is 12.8 Å². The van der Waals surface area contributed by atoms with Crippen molar-refractivity contribution in [1.82, 2.24) is 10.1 Å². The molecule has 6 heteroatoms. The maximum atomic E-state index is 5.54. The van der Waals surface area contributed by atoms with E-state index in [4.69, 9.17) is 18.7 Å². The fraction of sp³-hybridized carbons (Fsp3) is 0.500. The van der Waals surface area contributed by atoms with Gasteiger partial charge in [-0.25, -0.2) is 0 Å². The van der Waals surface area contributed by atoms with E-state index in [0.29, 0.717) is 11.8 Å². The molecule has 1 aromatic heterocycles. The fourth-order valence-corrected chi connectivity index (χ4v) is 3.57. The van der Waals surface area contributed by atoms with Crippen molar-refractivity contribution >= 4 is 0 Å². The second kappa shape index (κ2) is 6.36. The van der Waals surface area contributed by atoms with Gasteiger partial charge in [-0.2, -0.15) is 0 Å². The van der Waals surface area contributed by atoms with Crippen molar-refractivity contribution in [2.45, 2.75) is 38.8 Å². The molecular formula is C18H22N2O4. The second-order valence-electron chi connectivity index (χ2n) is 6.38. The zero-order valence-electron chi connectivity index (χ0n) is 14.1. The van der Waals surface area contributed by atoms with E-state index >= 15 is 0 Å². The van der Waals surface area contributed by atoms with E-state index in [-0.39, 0.29) is 6.79 Å². The minimum atomic E-state index is 0.250. The monoisotopic (exact) mass is 330 g/mol. The van der Waals surface area contributed by atoms with Crippen LogP contribution in [0.2, 0.25) is 0 Å². The van der Waals surface area contributed by atoms with Crippen LogP contribution < -0.4 is 14.2 Å². The lowest BCUT2D eigenvalue weighted by Gasteiger charge is -2.34. The Hall–Kier alpha value is -2.21. The standard InChI is InChI=1S/C18H22N2O4/c1-12-7-14(19-24-12)15-5-3-4-6-20(15)10-13-8-16(21-2)18-17(9-13)22-11-23-18/h7-9,15H,3-6,10-11H2,1-2H3. The summed E-state index contributed by atoms with van der Waals surface area (Å²) in [4.78, 5) is 2.46. The Labute approximate surface area is 141 Å². The Morgan fingerprint density at radius 2 is 2.17 bits per heavy atom. The molecule has 2 aliphatic heterocycles. The van der Waals surface area contributed by atoms with Crippen LogP contribution in [0.4, 0.5) is 0 Å². The highest BCUT2D eigenvalue weighted by atomic mass is 16.7. The Kier molecular flexibility index (Phi) is 4.06. The molecule has 0 bridgehead atoms. The normalized spacial score (nSPS) is 20.3. The summed E-state index contributed by atoms with van der Waals surface area (Å²) in [5, 5.41) is 4.24. The highest BCUT2D eigenvalue weighted by Crippen LogP contribution is 2.42. The molecule has 24 heavy (non-hydrogen) atoms. The number of aryl methyl sites for hydroxylation is 1. The molecule has 0 spiro atoms. The number of benzene rings is 1. The molecule has 6 nitrogen and oxygen atoms in total. The first-order valence-electron chi connectivity index (χ1n) is 8.38. The van der Waals surface area contributed by atoms with Crippen molar-refractivity contribution in [2.75, 3.05) is 20.4 Å². The number of hydrogen-bond donors (Lipinski definition) is 0. The molecule has 0 N–H and O–H groups in total. The lowest BCUT2D eigenvalue weighted by molar-refractivity contribution is 0.133. The van der Waals surface area contributed by atoms with Crippen LogP contribution in [0.15, 0.2) is 22.7 Å². The first-order chi connectivity index (χ1) is 11.7. The third-order valence-corrected chi connectivity index (χ3v) is 4.71. The first kappa shape index (κ1) is 15.3. The molecular weight excluding hydrogens is 308 g/mol. The highest BCUT2D eigenvalue weighted by molar-refractivity contribution is 5.55. The van der Waals surface area contributed by atoms with Gasteiger partial charge in [0.1, 0.15) is 11.5 Å². The van der Waals surface area contributed by atoms with Gasteiger partial charge in [0, 0.05) is 12.6 Å². The quantitative estimate of drug-likeness (QED) is 0.856. The number of fused-ring (bicyclic) bond motifs is 1. The van der Waals surface area contributed by atoms with Gasteiger partial charge >= 0.3 is 0 Å². The Balaban J connectivity index is 1.59. The van der Waals surface area contributed by atoms with Crippen LogP contribution >= 0.6 is 0 Å². The number of ether oxygens (including phenoxy) is 3. The maximum absolute atomic E-state index is 5.54. The summed E-state index contributed by atoms with van der Waals surface area (Å²) in [6.07, 6.45) is 3.53. The number of likely N-dealkylation sites (tertiary alicyclic amines) is 1. The molecule has 2 aromatic rings. The van der Waals surface area contributed by atoms with Crippen molar-refractivity contribution in [3.63, 3.8) is 0 Å². The van der Waals surface area contributed by atoms with E-state index in [9.17, 15) is 0 Å². The molecule has 1 fully saturated rings. The predicted molar refractivity (Wildman–Crippen MR) is 87.4 cm³/mol. The predicted octanol–water partition coefficient (Wildman–Crippen LogP) is 3.45. The van der Waals surface area contributed by atoms with Crippen molar-refractivity contribution in [3.8, 4) is 17.2 Å². The average molecular weight is 330 g/mol. The summed E-state index contributed by atoms with van der Waals surface area (Å²) < 4.78 is 21.7.